The van der Waals surface area contributed by atoms with Crippen molar-refractivity contribution < 1.29 is 9.53 Å². The Bertz CT molecular complexity index is 466. The summed E-state index contributed by atoms with van der Waals surface area (Å²) in [5, 5.41) is 7.21. The Morgan fingerprint density at radius 2 is 2.24 bits per heavy atom. The van der Waals surface area contributed by atoms with E-state index in [1.165, 1.54) is 0 Å². The van der Waals surface area contributed by atoms with Gasteiger partial charge in [0, 0.05) is 16.6 Å². The van der Waals surface area contributed by atoms with Crippen LogP contribution in [-0.2, 0) is 16.1 Å². The number of carbonyl (C=O) groups excluding carboxylic acids is 1. The monoisotopic (exact) mass is 352 g/mol. The zero-order valence-electron chi connectivity index (χ0n) is 11.5. The summed E-state index contributed by atoms with van der Waals surface area (Å²) in [6.07, 6.45) is 1.97. The van der Waals surface area contributed by atoms with E-state index in [4.69, 9.17) is 27.9 Å². The molecule has 2 N–H and O–H groups in total. The van der Waals surface area contributed by atoms with Gasteiger partial charge in [-0.3, -0.25) is 4.79 Å². The highest BCUT2D eigenvalue weighted by Gasteiger charge is 2.21. The third-order valence-corrected chi connectivity index (χ3v) is 3.78. The molecule has 1 aliphatic heterocycles. The smallest absolute Gasteiger partial charge is 0.237 e. The van der Waals surface area contributed by atoms with Crippen molar-refractivity contribution in [3.63, 3.8) is 0 Å². The normalized spacial score (nSPS) is 17.3. The van der Waals surface area contributed by atoms with Crippen LogP contribution in [0.25, 0.3) is 0 Å². The van der Waals surface area contributed by atoms with E-state index in [-0.39, 0.29) is 24.4 Å². The number of ether oxygens (including phenoxy) is 1. The van der Waals surface area contributed by atoms with Crippen LogP contribution >= 0.6 is 35.6 Å². The summed E-state index contributed by atoms with van der Waals surface area (Å²) in [7, 11) is 0. The summed E-state index contributed by atoms with van der Waals surface area (Å²) in [5.41, 5.74) is 0.889. The number of hydrogen-bond acceptors (Lipinski definition) is 3. The summed E-state index contributed by atoms with van der Waals surface area (Å²) in [6.45, 7) is 2.29. The molecule has 7 heteroatoms. The predicted octanol–water partition coefficient (Wildman–Crippen LogP) is 2.80. The zero-order valence-corrected chi connectivity index (χ0v) is 13.9. The van der Waals surface area contributed by atoms with E-state index < -0.39 is 0 Å². The summed E-state index contributed by atoms with van der Waals surface area (Å²) in [4.78, 5) is 11.7. The molecule has 21 heavy (non-hydrogen) atoms. The molecule has 1 aliphatic rings. The molecule has 1 aromatic carbocycles. The van der Waals surface area contributed by atoms with E-state index in [0.29, 0.717) is 29.8 Å². The first kappa shape index (κ1) is 18.5. The number of halogens is 3. The maximum Gasteiger partial charge on any atom is 0.237 e. The standard InChI is InChI=1S/C14H18Cl2N2O2.ClH/c15-11-4-3-10(12(16)8-11)9-20-7-6-18-14(19)13-2-1-5-17-13;/h3-4,8,13,17H,1-2,5-7,9H2,(H,18,19);1H. The van der Waals surface area contributed by atoms with Gasteiger partial charge in [-0.15, -0.1) is 12.4 Å². The van der Waals surface area contributed by atoms with Gasteiger partial charge in [0.1, 0.15) is 0 Å². The van der Waals surface area contributed by atoms with Crippen molar-refractivity contribution in [3.05, 3.63) is 33.8 Å². The lowest BCUT2D eigenvalue weighted by molar-refractivity contribution is -0.123. The first-order valence-corrected chi connectivity index (χ1v) is 7.45. The zero-order chi connectivity index (χ0) is 14.4. The molecule has 0 aliphatic carbocycles. The molecular formula is C14H19Cl3N2O2. The van der Waals surface area contributed by atoms with Gasteiger partial charge in [0.25, 0.3) is 0 Å². The van der Waals surface area contributed by atoms with Crippen LogP contribution in [0.15, 0.2) is 18.2 Å². The molecule has 0 spiro atoms. The fourth-order valence-electron chi connectivity index (χ4n) is 2.10. The van der Waals surface area contributed by atoms with Gasteiger partial charge in [-0.2, -0.15) is 0 Å². The van der Waals surface area contributed by atoms with E-state index in [1.807, 2.05) is 6.07 Å². The van der Waals surface area contributed by atoms with Gasteiger partial charge >= 0.3 is 0 Å². The number of nitrogens with one attached hydrogen (secondary N) is 2. The quantitative estimate of drug-likeness (QED) is 0.773. The van der Waals surface area contributed by atoms with Crippen LogP contribution in [0.3, 0.4) is 0 Å². The van der Waals surface area contributed by atoms with Gasteiger partial charge < -0.3 is 15.4 Å². The molecule has 0 aromatic heterocycles. The number of hydrogen-bond donors (Lipinski definition) is 2. The van der Waals surface area contributed by atoms with Gasteiger partial charge in [-0.1, -0.05) is 29.3 Å². The predicted molar refractivity (Wildman–Crippen MR) is 87.4 cm³/mol. The number of rotatable bonds is 6. The SMILES string of the molecule is Cl.O=C(NCCOCc1ccc(Cl)cc1Cl)C1CCCN1. The molecule has 1 atom stereocenters. The molecule has 1 amide bonds. The van der Waals surface area contributed by atoms with E-state index >= 15 is 0 Å². The Morgan fingerprint density at radius 3 is 2.90 bits per heavy atom. The topological polar surface area (TPSA) is 50.4 Å². The van der Waals surface area contributed by atoms with Crippen LogP contribution < -0.4 is 10.6 Å². The second-order valence-electron chi connectivity index (χ2n) is 4.73. The third-order valence-electron chi connectivity index (χ3n) is 3.20. The molecule has 1 saturated heterocycles. The van der Waals surface area contributed by atoms with Crippen molar-refractivity contribution in [2.24, 2.45) is 0 Å². The number of carbonyl (C=O) groups is 1. The first-order chi connectivity index (χ1) is 9.66. The largest absolute Gasteiger partial charge is 0.375 e. The van der Waals surface area contributed by atoms with Crippen LogP contribution in [0, 0.1) is 0 Å². The first-order valence-electron chi connectivity index (χ1n) is 6.69. The highest BCUT2D eigenvalue weighted by atomic mass is 35.5. The molecule has 0 radical (unpaired) electrons. The Kier molecular flexibility index (Phi) is 8.37. The van der Waals surface area contributed by atoms with Crippen molar-refractivity contribution in [1.29, 1.82) is 0 Å². The maximum atomic E-state index is 11.7. The lowest BCUT2D eigenvalue weighted by Gasteiger charge is -2.11. The minimum Gasteiger partial charge on any atom is -0.375 e. The number of amides is 1. The molecule has 2 rings (SSSR count). The van der Waals surface area contributed by atoms with E-state index in [9.17, 15) is 4.79 Å². The van der Waals surface area contributed by atoms with Crippen molar-refractivity contribution in [3.8, 4) is 0 Å². The maximum absolute atomic E-state index is 11.7. The van der Waals surface area contributed by atoms with Gasteiger partial charge in [0.15, 0.2) is 0 Å². The summed E-state index contributed by atoms with van der Waals surface area (Å²) >= 11 is 11.9. The van der Waals surface area contributed by atoms with Crippen LogP contribution in [0.1, 0.15) is 18.4 Å². The van der Waals surface area contributed by atoms with Crippen molar-refractivity contribution in [2.45, 2.75) is 25.5 Å². The molecule has 1 heterocycles. The molecule has 118 valence electrons. The van der Waals surface area contributed by atoms with Crippen molar-refractivity contribution in [2.75, 3.05) is 19.7 Å². The van der Waals surface area contributed by atoms with Gasteiger partial charge in [-0.25, -0.2) is 0 Å². The molecule has 0 saturated carbocycles. The molecule has 1 aromatic rings. The van der Waals surface area contributed by atoms with Gasteiger partial charge in [0.05, 0.1) is 19.3 Å². The number of benzene rings is 1. The fourth-order valence-corrected chi connectivity index (χ4v) is 2.56. The third kappa shape index (κ3) is 6.01. The molecule has 0 bridgehead atoms. The lowest BCUT2D eigenvalue weighted by Crippen LogP contribution is -2.41. The average molecular weight is 354 g/mol. The Balaban J connectivity index is 0.00000220. The molecular weight excluding hydrogens is 335 g/mol. The molecule has 4 nitrogen and oxygen atoms in total. The summed E-state index contributed by atoms with van der Waals surface area (Å²) < 4.78 is 5.49. The lowest BCUT2D eigenvalue weighted by atomic mass is 10.2. The fraction of sp³-hybridized carbons (Fsp3) is 0.500. The Labute approximate surface area is 140 Å². The summed E-state index contributed by atoms with van der Waals surface area (Å²) in [6, 6.07) is 5.27. The highest BCUT2D eigenvalue weighted by Crippen LogP contribution is 2.21. The van der Waals surface area contributed by atoms with Crippen LogP contribution in [0.5, 0.6) is 0 Å². The summed E-state index contributed by atoms with van der Waals surface area (Å²) in [5.74, 6) is 0.0515. The minimum atomic E-state index is -0.0410. The van der Waals surface area contributed by atoms with Crippen LogP contribution in [-0.4, -0.2) is 31.6 Å². The van der Waals surface area contributed by atoms with Crippen LogP contribution in [0.4, 0.5) is 0 Å². The molecule has 1 fully saturated rings. The van der Waals surface area contributed by atoms with Crippen LogP contribution in [0.2, 0.25) is 10.0 Å². The van der Waals surface area contributed by atoms with E-state index in [1.54, 1.807) is 12.1 Å². The van der Waals surface area contributed by atoms with Crippen molar-refractivity contribution >= 4 is 41.5 Å². The van der Waals surface area contributed by atoms with E-state index in [0.717, 1.165) is 24.9 Å². The molecule has 1 unspecified atom stereocenters. The van der Waals surface area contributed by atoms with Gasteiger partial charge in [0.2, 0.25) is 5.91 Å². The second kappa shape index (κ2) is 9.49. The minimum absolute atomic E-state index is 0. The second-order valence-corrected chi connectivity index (χ2v) is 5.57. The van der Waals surface area contributed by atoms with E-state index in [2.05, 4.69) is 10.6 Å². The Morgan fingerprint density at radius 1 is 1.43 bits per heavy atom. The Hall–Kier alpha value is -0.520. The average Bonchev–Trinajstić information content (AvgIpc) is 2.94. The van der Waals surface area contributed by atoms with Crippen molar-refractivity contribution in [1.82, 2.24) is 10.6 Å². The van der Waals surface area contributed by atoms with Gasteiger partial charge in [-0.05, 0) is 37.1 Å². The highest BCUT2D eigenvalue weighted by molar-refractivity contribution is 6.35.